The molecule has 1 aliphatic rings. The highest BCUT2D eigenvalue weighted by molar-refractivity contribution is 5.68. The van der Waals surface area contributed by atoms with Crippen LogP contribution in [-0.4, -0.2) is 42.4 Å². The van der Waals surface area contributed by atoms with Crippen LogP contribution in [0.3, 0.4) is 0 Å². The van der Waals surface area contributed by atoms with Crippen LogP contribution in [0.2, 0.25) is 0 Å². The Morgan fingerprint density at radius 1 is 1.75 bits per heavy atom. The fourth-order valence-electron chi connectivity index (χ4n) is 1.62. The molecule has 1 rings (SSSR count). The van der Waals surface area contributed by atoms with Crippen molar-refractivity contribution in [3.8, 4) is 0 Å². The molecule has 0 saturated carbocycles. The minimum atomic E-state index is -0.293. The van der Waals surface area contributed by atoms with Crippen molar-refractivity contribution in [2.45, 2.75) is 19.4 Å². The van der Waals surface area contributed by atoms with Crippen LogP contribution in [0.5, 0.6) is 0 Å². The first kappa shape index (κ1) is 9.32. The molecule has 4 heteroatoms. The van der Waals surface area contributed by atoms with Gasteiger partial charge in [-0.25, -0.2) is 4.79 Å². The van der Waals surface area contributed by atoms with Gasteiger partial charge in [0, 0.05) is 25.1 Å². The quantitative estimate of drug-likeness (QED) is 0.626. The van der Waals surface area contributed by atoms with Crippen molar-refractivity contribution in [3.05, 3.63) is 0 Å². The Bertz CT molecular complexity index is 172. The van der Waals surface area contributed by atoms with Crippen LogP contribution in [0, 0.1) is 5.92 Å². The van der Waals surface area contributed by atoms with Crippen molar-refractivity contribution < 1.29 is 14.6 Å². The number of methoxy groups -OCH3 is 1. The van der Waals surface area contributed by atoms with E-state index in [1.165, 1.54) is 7.11 Å². The van der Waals surface area contributed by atoms with Gasteiger partial charge in [-0.3, -0.25) is 0 Å². The fraction of sp³-hybridized carbons (Fsp3) is 0.875. The summed E-state index contributed by atoms with van der Waals surface area (Å²) in [6.45, 7) is 2.78. The highest BCUT2D eigenvalue weighted by atomic mass is 16.5. The molecule has 1 fully saturated rings. The molecule has 0 aliphatic carbocycles. The third-order valence-corrected chi connectivity index (χ3v) is 2.56. The number of ether oxygens (including phenoxy) is 1. The van der Waals surface area contributed by atoms with Gasteiger partial charge in [0.05, 0.1) is 7.11 Å². The molecule has 0 spiro atoms. The Balaban J connectivity index is 2.54. The third-order valence-electron chi connectivity index (χ3n) is 2.56. The minimum Gasteiger partial charge on any atom is -0.453 e. The smallest absolute Gasteiger partial charge is 0.409 e. The third kappa shape index (κ3) is 1.53. The zero-order valence-electron chi connectivity index (χ0n) is 7.49. The summed E-state index contributed by atoms with van der Waals surface area (Å²) in [7, 11) is 1.38. The van der Waals surface area contributed by atoms with Crippen molar-refractivity contribution in [1.29, 1.82) is 0 Å². The van der Waals surface area contributed by atoms with Crippen LogP contribution in [0.25, 0.3) is 0 Å². The standard InChI is InChI=1S/C8H15NO3/c1-6-7(5-10)3-4-9(6)8(11)12-2/h6-7,10H,3-5H2,1-2H3. The summed E-state index contributed by atoms with van der Waals surface area (Å²) in [5.41, 5.74) is 0. The monoisotopic (exact) mass is 173 g/mol. The maximum atomic E-state index is 11.1. The van der Waals surface area contributed by atoms with E-state index in [0.29, 0.717) is 6.54 Å². The molecule has 4 nitrogen and oxygen atoms in total. The highest BCUT2D eigenvalue weighted by Gasteiger charge is 2.33. The van der Waals surface area contributed by atoms with Crippen LogP contribution >= 0.6 is 0 Å². The van der Waals surface area contributed by atoms with E-state index in [4.69, 9.17) is 5.11 Å². The summed E-state index contributed by atoms with van der Waals surface area (Å²) < 4.78 is 4.60. The zero-order valence-corrected chi connectivity index (χ0v) is 7.49. The molecule has 0 aromatic heterocycles. The van der Waals surface area contributed by atoms with E-state index in [2.05, 4.69) is 4.74 Å². The van der Waals surface area contributed by atoms with E-state index in [0.717, 1.165) is 6.42 Å². The predicted octanol–water partition coefficient (Wildman–Crippen LogP) is 0.455. The molecule has 12 heavy (non-hydrogen) atoms. The van der Waals surface area contributed by atoms with Gasteiger partial charge < -0.3 is 14.7 Å². The van der Waals surface area contributed by atoms with Crippen molar-refractivity contribution >= 4 is 6.09 Å². The topological polar surface area (TPSA) is 49.8 Å². The Kier molecular flexibility index (Phi) is 2.92. The van der Waals surface area contributed by atoms with Gasteiger partial charge in [0.15, 0.2) is 0 Å². The summed E-state index contributed by atoms with van der Waals surface area (Å²) in [5, 5.41) is 8.93. The second-order valence-electron chi connectivity index (χ2n) is 3.14. The number of likely N-dealkylation sites (tertiary alicyclic amines) is 1. The first-order valence-electron chi connectivity index (χ1n) is 4.16. The maximum absolute atomic E-state index is 11.1. The number of aliphatic hydroxyl groups excluding tert-OH is 1. The van der Waals surface area contributed by atoms with E-state index in [1.807, 2.05) is 6.92 Å². The molecule has 0 aromatic rings. The Morgan fingerprint density at radius 2 is 2.42 bits per heavy atom. The lowest BCUT2D eigenvalue weighted by Crippen LogP contribution is -2.36. The van der Waals surface area contributed by atoms with Gasteiger partial charge in [-0.1, -0.05) is 0 Å². The molecular formula is C8H15NO3. The van der Waals surface area contributed by atoms with Crippen molar-refractivity contribution in [1.82, 2.24) is 4.90 Å². The molecular weight excluding hydrogens is 158 g/mol. The van der Waals surface area contributed by atoms with Crippen LogP contribution in [0.4, 0.5) is 4.79 Å². The largest absolute Gasteiger partial charge is 0.453 e. The number of nitrogens with zero attached hydrogens (tertiary/aromatic N) is 1. The zero-order chi connectivity index (χ0) is 9.14. The maximum Gasteiger partial charge on any atom is 0.409 e. The number of aliphatic hydroxyl groups is 1. The Hall–Kier alpha value is -0.770. The van der Waals surface area contributed by atoms with Gasteiger partial charge in [0.2, 0.25) is 0 Å². The number of amides is 1. The highest BCUT2D eigenvalue weighted by Crippen LogP contribution is 2.23. The van der Waals surface area contributed by atoms with E-state index in [-0.39, 0.29) is 24.7 Å². The first-order chi connectivity index (χ1) is 5.70. The minimum absolute atomic E-state index is 0.0995. The lowest BCUT2D eigenvalue weighted by atomic mass is 10.0. The van der Waals surface area contributed by atoms with Gasteiger partial charge in [-0.05, 0) is 13.3 Å². The molecule has 0 bridgehead atoms. The number of rotatable bonds is 1. The van der Waals surface area contributed by atoms with Crippen molar-refractivity contribution in [2.75, 3.05) is 20.3 Å². The SMILES string of the molecule is COC(=O)N1CCC(CO)C1C. The van der Waals surface area contributed by atoms with Crippen molar-refractivity contribution in [3.63, 3.8) is 0 Å². The summed E-state index contributed by atoms with van der Waals surface area (Å²) in [5.74, 6) is 0.212. The average Bonchev–Trinajstić information content (AvgIpc) is 2.45. The molecule has 1 amide bonds. The van der Waals surface area contributed by atoms with Gasteiger partial charge >= 0.3 is 6.09 Å². The molecule has 1 saturated heterocycles. The second-order valence-corrected chi connectivity index (χ2v) is 3.14. The molecule has 0 radical (unpaired) electrons. The molecule has 2 atom stereocenters. The predicted molar refractivity (Wildman–Crippen MR) is 43.8 cm³/mol. The summed E-state index contributed by atoms with van der Waals surface area (Å²) in [4.78, 5) is 12.8. The molecule has 1 heterocycles. The normalized spacial score (nSPS) is 29.1. The summed E-state index contributed by atoms with van der Waals surface area (Å²) in [6.07, 6.45) is 0.575. The molecule has 1 aliphatic heterocycles. The molecule has 70 valence electrons. The number of hydrogen-bond acceptors (Lipinski definition) is 3. The lowest BCUT2D eigenvalue weighted by molar-refractivity contribution is 0.111. The molecule has 2 unspecified atom stereocenters. The van der Waals surface area contributed by atoms with Crippen molar-refractivity contribution in [2.24, 2.45) is 5.92 Å². The van der Waals surface area contributed by atoms with Gasteiger partial charge in [0.25, 0.3) is 0 Å². The van der Waals surface area contributed by atoms with Crippen LogP contribution < -0.4 is 0 Å². The lowest BCUT2D eigenvalue weighted by Gasteiger charge is -2.22. The summed E-state index contributed by atoms with van der Waals surface area (Å²) in [6, 6.07) is 0.0995. The van der Waals surface area contributed by atoms with Crippen LogP contribution in [0.15, 0.2) is 0 Å². The van der Waals surface area contributed by atoms with E-state index < -0.39 is 0 Å². The van der Waals surface area contributed by atoms with E-state index >= 15 is 0 Å². The summed E-state index contributed by atoms with van der Waals surface area (Å²) >= 11 is 0. The second kappa shape index (κ2) is 3.76. The first-order valence-corrected chi connectivity index (χ1v) is 4.16. The fourth-order valence-corrected chi connectivity index (χ4v) is 1.62. The Morgan fingerprint density at radius 3 is 2.83 bits per heavy atom. The van der Waals surface area contributed by atoms with E-state index in [9.17, 15) is 4.79 Å². The number of carbonyl (C=O) groups excluding carboxylic acids is 1. The van der Waals surface area contributed by atoms with Gasteiger partial charge in [-0.15, -0.1) is 0 Å². The van der Waals surface area contributed by atoms with Crippen LogP contribution in [-0.2, 0) is 4.74 Å². The molecule has 1 N–H and O–H groups in total. The molecule has 0 aromatic carbocycles. The van der Waals surface area contributed by atoms with Gasteiger partial charge in [0.1, 0.15) is 0 Å². The average molecular weight is 173 g/mol. The van der Waals surface area contributed by atoms with Crippen LogP contribution in [0.1, 0.15) is 13.3 Å². The number of hydrogen-bond donors (Lipinski definition) is 1. The van der Waals surface area contributed by atoms with Gasteiger partial charge in [-0.2, -0.15) is 0 Å². The Labute approximate surface area is 72.1 Å². The van der Waals surface area contributed by atoms with E-state index in [1.54, 1.807) is 4.90 Å². The number of carbonyl (C=O) groups is 1.